The van der Waals surface area contributed by atoms with Crippen LogP contribution in [0.5, 0.6) is 0 Å². The van der Waals surface area contributed by atoms with Gasteiger partial charge < -0.3 is 25.4 Å². The number of fused-ring (bicyclic) bond motifs is 1. The monoisotopic (exact) mass is 533 g/mol. The number of carbonyl (C=O) groups excluding carboxylic acids is 3. The van der Waals surface area contributed by atoms with Gasteiger partial charge in [-0.05, 0) is 68.7 Å². The van der Waals surface area contributed by atoms with Gasteiger partial charge in [0.05, 0.1) is 17.4 Å². The van der Waals surface area contributed by atoms with Crippen molar-refractivity contribution in [1.82, 2.24) is 10.2 Å². The summed E-state index contributed by atoms with van der Waals surface area (Å²) < 4.78 is 6.77. The number of benzene rings is 2. The van der Waals surface area contributed by atoms with Crippen LogP contribution in [0.4, 0.5) is 5.69 Å². The number of carbonyl (C=O) groups is 3. The van der Waals surface area contributed by atoms with Crippen LogP contribution < -0.4 is 10.6 Å². The lowest BCUT2D eigenvalue weighted by Gasteiger charge is -2.36. The van der Waals surface area contributed by atoms with Crippen LogP contribution in [0.3, 0.4) is 0 Å². The quantitative estimate of drug-likeness (QED) is 0.429. The molecule has 3 unspecified atom stereocenters. The first-order chi connectivity index (χ1) is 18.6. The van der Waals surface area contributed by atoms with Gasteiger partial charge in [0.2, 0.25) is 17.7 Å². The third-order valence-electron chi connectivity index (χ3n) is 9.11. The number of hydrogen-bond donors (Lipinski definition) is 3. The summed E-state index contributed by atoms with van der Waals surface area (Å²) in [6.45, 7) is 8.53. The molecule has 0 aromatic heterocycles. The molecule has 3 fully saturated rings. The van der Waals surface area contributed by atoms with Crippen LogP contribution in [-0.2, 0) is 25.7 Å². The summed E-state index contributed by atoms with van der Waals surface area (Å²) in [5.41, 5.74) is 1.65. The van der Waals surface area contributed by atoms with Crippen LogP contribution in [0.15, 0.2) is 48.5 Å². The van der Waals surface area contributed by atoms with Crippen molar-refractivity contribution in [2.75, 3.05) is 18.5 Å². The molecule has 3 heterocycles. The average Bonchev–Trinajstić information content (AvgIpc) is 3.42. The second-order valence-electron chi connectivity index (χ2n) is 11.7. The van der Waals surface area contributed by atoms with Crippen LogP contribution in [-0.4, -0.2) is 58.1 Å². The van der Waals surface area contributed by atoms with Gasteiger partial charge >= 0.3 is 0 Å². The van der Waals surface area contributed by atoms with Crippen molar-refractivity contribution in [1.29, 1.82) is 0 Å². The van der Waals surface area contributed by atoms with E-state index in [1.165, 1.54) is 0 Å². The number of aliphatic hydroxyl groups excluding tert-OH is 1. The summed E-state index contributed by atoms with van der Waals surface area (Å²) in [4.78, 5) is 43.5. The fourth-order valence-electron chi connectivity index (χ4n) is 7.04. The molecule has 0 radical (unpaired) electrons. The highest BCUT2D eigenvalue weighted by atomic mass is 16.5. The van der Waals surface area contributed by atoms with E-state index in [4.69, 9.17) is 4.74 Å². The molecule has 5 rings (SSSR count). The van der Waals surface area contributed by atoms with E-state index in [1.54, 1.807) is 4.90 Å². The van der Waals surface area contributed by atoms with Gasteiger partial charge in [-0.2, -0.15) is 0 Å². The van der Waals surface area contributed by atoms with Crippen molar-refractivity contribution in [3.63, 3.8) is 0 Å². The van der Waals surface area contributed by atoms with Crippen molar-refractivity contribution < 1.29 is 24.2 Å². The Morgan fingerprint density at radius 1 is 1.10 bits per heavy atom. The number of likely N-dealkylation sites (tertiary alicyclic amines) is 1. The van der Waals surface area contributed by atoms with Crippen molar-refractivity contribution in [3.05, 3.63) is 65.2 Å². The van der Waals surface area contributed by atoms with Crippen LogP contribution in [0.1, 0.15) is 49.8 Å². The number of nitrogens with zero attached hydrogens (tertiary/aromatic N) is 1. The minimum absolute atomic E-state index is 0.00603. The Kier molecular flexibility index (Phi) is 7.29. The highest BCUT2D eigenvalue weighted by Crippen LogP contribution is 2.65. The van der Waals surface area contributed by atoms with Gasteiger partial charge in [0.1, 0.15) is 11.6 Å². The number of aryl methyl sites for hydroxylation is 2. The topological polar surface area (TPSA) is 108 Å². The van der Waals surface area contributed by atoms with E-state index in [-0.39, 0.29) is 30.2 Å². The number of amides is 3. The summed E-state index contributed by atoms with van der Waals surface area (Å²) in [6.07, 6.45) is 1.59. The van der Waals surface area contributed by atoms with Crippen LogP contribution in [0, 0.1) is 31.6 Å². The molecule has 3 aliphatic rings. The highest BCUT2D eigenvalue weighted by molar-refractivity contribution is 6.04. The zero-order valence-corrected chi connectivity index (χ0v) is 23.2. The third kappa shape index (κ3) is 4.53. The molecule has 3 saturated heterocycles. The molecule has 2 aromatic rings. The van der Waals surface area contributed by atoms with E-state index in [0.29, 0.717) is 38.0 Å². The third-order valence-corrected chi connectivity index (χ3v) is 9.11. The Hall–Kier alpha value is -3.23. The summed E-state index contributed by atoms with van der Waals surface area (Å²) >= 11 is 0. The highest BCUT2D eigenvalue weighted by Gasteiger charge is 2.79. The molecule has 2 bridgehead atoms. The first-order valence-corrected chi connectivity index (χ1v) is 13.9. The second kappa shape index (κ2) is 10.4. The maximum absolute atomic E-state index is 14.1. The Labute approximate surface area is 230 Å². The molecule has 3 amide bonds. The average molecular weight is 534 g/mol. The van der Waals surface area contributed by atoms with Gasteiger partial charge in [-0.3, -0.25) is 14.4 Å². The van der Waals surface area contributed by atoms with Crippen molar-refractivity contribution in [2.45, 2.75) is 70.7 Å². The molecule has 3 N–H and O–H groups in total. The smallest absolute Gasteiger partial charge is 0.250 e. The van der Waals surface area contributed by atoms with E-state index in [1.807, 2.05) is 76.2 Å². The Bertz CT molecular complexity index is 1270. The SMILES string of the molecule is Cc1ccc(C)c(NC(=O)C2N(CCCCO)C(=O)[C@@H]3[C@H](C(=O)NCc4ccccc4)[C@@]4(C)OC23CC4C)c1. The number of nitrogens with one attached hydrogen (secondary N) is 2. The Morgan fingerprint density at radius 3 is 2.56 bits per heavy atom. The summed E-state index contributed by atoms with van der Waals surface area (Å²) in [6, 6.07) is 14.7. The predicted molar refractivity (Wildman–Crippen MR) is 148 cm³/mol. The standard InChI is InChI=1S/C31H39N3O5/c1-19-12-13-20(2)23(16-19)33-28(37)26-31-17-21(3)30(4,39-31)24(25(31)29(38)34(26)14-8-9-15-35)27(36)32-18-22-10-6-5-7-11-22/h5-7,10-13,16,21,24-26,35H,8-9,14-15,17-18H2,1-4H3,(H,32,36)(H,33,37)/t21?,24-,25+,26?,30+,31?/m1/s1. The zero-order valence-electron chi connectivity index (χ0n) is 23.2. The number of ether oxygens (including phenoxy) is 1. The molecule has 8 nitrogen and oxygen atoms in total. The molecule has 2 aromatic carbocycles. The molecule has 3 aliphatic heterocycles. The molecule has 6 atom stereocenters. The predicted octanol–water partition coefficient (Wildman–Crippen LogP) is 3.34. The van der Waals surface area contributed by atoms with Crippen molar-refractivity contribution >= 4 is 23.4 Å². The van der Waals surface area contributed by atoms with Crippen LogP contribution in [0.2, 0.25) is 0 Å². The number of unbranched alkanes of at least 4 members (excludes halogenated alkanes) is 1. The molecule has 39 heavy (non-hydrogen) atoms. The molecule has 1 spiro atoms. The number of hydrogen-bond acceptors (Lipinski definition) is 5. The first kappa shape index (κ1) is 27.3. The van der Waals surface area contributed by atoms with Gasteiger partial charge in [-0.1, -0.05) is 49.4 Å². The lowest BCUT2D eigenvalue weighted by molar-refractivity contribution is -0.146. The Balaban J connectivity index is 1.49. The van der Waals surface area contributed by atoms with Crippen LogP contribution in [0.25, 0.3) is 0 Å². The van der Waals surface area contributed by atoms with Gasteiger partial charge in [0.15, 0.2) is 0 Å². The van der Waals surface area contributed by atoms with Gasteiger partial charge in [0, 0.05) is 25.4 Å². The number of rotatable bonds is 9. The van der Waals surface area contributed by atoms with Crippen molar-refractivity contribution in [3.8, 4) is 0 Å². The molecular formula is C31H39N3O5. The zero-order chi connectivity index (χ0) is 27.9. The minimum atomic E-state index is -1.10. The van der Waals surface area contributed by atoms with Crippen LogP contribution >= 0.6 is 0 Å². The summed E-state index contributed by atoms with van der Waals surface area (Å²) in [7, 11) is 0. The molecule has 0 aliphatic carbocycles. The van der Waals surface area contributed by atoms with E-state index in [2.05, 4.69) is 10.6 Å². The maximum atomic E-state index is 14.1. The van der Waals surface area contributed by atoms with Gasteiger partial charge in [0.25, 0.3) is 0 Å². The normalized spacial score (nSPS) is 30.9. The summed E-state index contributed by atoms with van der Waals surface area (Å²) in [5, 5.41) is 15.5. The van der Waals surface area contributed by atoms with E-state index >= 15 is 0 Å². The van der Waals surface area contributed by atoms with Gasteiger partial charge in [-0.15, -0.1) is 0 Å². The first-order valence-electron chi connectivity index (χ1n) is 13.9. The molecule has 8 heteroatoms. The van der Waals surface area contributed by atoms with E-state index in [9.17, 15) is 19.5 Å². The molecule has 0 saturated carbocycles. The Morgan fingerprint density at radius 2 is 1.85 bits per heavy atom. The fraction of sp³-hybridized carbons (Fsp3) is 0.516. The van der Waals surface area contributed by atoms with Crippen molar-refractivity contribution in [2.24, 2.45) is 17.8 Å². The minimum Gasteiger partial charge on any atom is -0.396 e. The molecule has 208 valence electrons. The lowest BCUT2D eigenvalue weighted by Crippen LogP contribution is -2.54. The molecular weight excluding hydrogens is 494 g/mol. The largest absolute Gasteiger partial charge is 0.396 e. The maximum Gasteiger partial charge on any atom is 0.250 e. The fourth-order valence-corrected chi connectivity index (χ4v) is 7.04. The lowest BCUT2D eigenvalue weighted by atomic mass is 9.62. The number of aliphatic hydroxyl groups is 1. The summed E-state index contributed by atoms with van der Waals surface area (Å²) in [5.74, 6) is -2.23. The second-order valence-corrected chi connectivity index (χ2v) is 11.7. The van der Waals surface area contributed by atoms with E-state index < -0.39 is 29.1 Å². The number of anilines is 1. The van der Waals surface area contributed by atoms with Gasteiger partial charge in [-0.25, -0.2) is 0 Å². The van der Waals surface area contributed by atoms with E-state index in [0.717, 1.165) is 16.7 Å².